The van der Waals surface area contributed by atoms with Crippen molar-refractivity contribution in [3.05, 3.63) is 84.4 Å². The lowest BCUT2D eigenvalue weighted by atomic mass is 10.1. The summed E-state index contributed by atoms with van der Waals surface area (Å²) in [6.45, 7) is 0.694. The molecule has 0 aliphatic heterocycles. The van der Waals surface area contributed by atoms with Crippen molar-refractivity contribution in [1.82, 2.24) is 9.97 Å². The molecule has 5 heteroatoms. The highest BCUT2D eigenvalue weighted by Gasteiger charge is 2.09. The highest BCUT2D eigenvalue weighted by molar-refractivity contribution is 5.90. The third-order valence-electron chi connectivity index (χ3n) is 4.22. The van der Waals surface area contributed by atoms with E-state index in [1.807, 2.05) is 66.7 Å². The molecule has 0 aliphatic carbocycles. The van der Waals surface area contributed by atoms with Crippen LogP contribution in [0.3, 0.4) is 0 Å². The van der Waals surface area contributed by atoms with Gasteiger partial charge in [0.1, 0.15) is 5.82 Å². The van der Waals surface area contributed by atoms with Crippen molar-refractivity contribution >= 4 is 22.4 Å². The number of fused-ring (bicyclic) bond motifs is 1. The molecule has 128 valence electrons. The van der Waals surface area contributed by atoms with Crippen LogP contribution < -0.4 is 10.8 Å². The predicted molar refractivity (Wildman–Crippen MR) is 102 cm³/mol. The Morgan fingerprint density at radius 2 is 1.54 bits per heavy atom. The molecule has 0 amide bonds. The van der Waals surface area contributed by atoms with Gasteiger partial charge in [0.2, 0.25) is 0 Å². The highest BCUT2D eigenvalue weighted by atomic mass is 16.5. The number of para-hydroxylation sites is 1. The van der Waals surface area contributed by atoms with E-state index in [2.05, 4.69) is 17.4 Å². The number of benzene rings is 3. The monoisotopic (exact) mass is 343 g/mol. The van der Waals surface area contributed by atoms with Gasteiger partial charge in [0.15, 0.2) is 11.5 Å². The van der Waals surface area contributed by atoms with Crippen LogP contribution in [0.5, 0.6) is 0 Å². The normalized spacial score (nSPS) is 10.8. The summed E-state index contributed by atoms with van der Waals surface area (Å²) in [5.74, 6) is 1.47. The van der Waals surface area contributed by atoms with E-state index in [1.165, 1.54) is 5.56 Å². The number of hydrogen-bond donors (Lipinski definition) is 3. The van der Waals surface area contributed by atoms with Crippen molar-refractivity contribution in [3.8, 4) is 11.4 Å². The first-order valence-electron chi connectivity index (χ1n) is 8.46. The van der Waals surface area contributed by atoms with Crippen LogP contribution >= 0.6 is 0 Å². The molecule has 0 spiro atoms. The Morgan fingerprint density at radius 1 is 0.808 bits per heavy atom. The number of nitrogens with zero attached hydrogens (tertiary/aromatic N) is 2. The smallest absolute Gasteiger partial charge is 0.162 e. The molecule has 0 fully saturated rings. The van der Waals surface area contributed by atoms with Crippen LogP contribution in [-0.4, -0.2) is 15.2 Å². The SMILES string of the molecule is O[NH2+]c1ccc(-c2nc(NCc3ccccc3)c3ccccc3n2)cc1. The minimum absolute atomic E-state index is 0.656. The average molecular weight is 343 g/mol. The van der Waals surface area contributed by atoms with Crippen LogP contribution in [0.2, 0.25) is 0 Å². The van der Waals surface area contributed by atoms with Gasteiger partial charge in [-0.15, -0.1) is 0 Å². The van der Waals surface area contributed by atoms with Crippen molar-refractivity contribution in [1.29, 1.82) is 0 Å². The fourth-order valence-electron chi connectivity index (χ4n) is 2.84. The Bertz CT molecular complexity index is 1020. The predicted octanol–water partition coefficient (Wildman–Crippen LogP) is 3.49. The van der Waals surface area contributed by atoms with Crippen molar-refractivity contribution in [2.24, 2.45) is 0 Å². The van der Waals surface area contributed by atoms with E-state index in [0.29, 0.717) is 12.4 Å². The second-order valence-corrected chi connectivity index (χ2v) is 6.00. The third-order valence-corrected chi connectivity index (χ3v) is 4.22. The first kappa shape index (κ1) is 16.2. The van der Waals surface area contributed by atoms with Gasteiger partial charge in [-0.1, -0.05) is 42.5 Å². The number of hydrogen-bond acceptors (Lipinski definition) is 4. The number of anilines is 1. The fourth-order valence-corrected chi connectivity index (χ4v) is 2.84. The van der Waals surface area contributed by atoms with Gasteiger partial charge in [-0.3, -0.25) is 0 Å². The minimum atomic E-state index is 0.656. The Kier molecular flexibility index (Phi) is 4.55. The quantitative estimate of drug-likeness (QED) is 0.383. The van der Waals surface area contributed by atoms with Crippen LogP contribution in [0, 0.1) is 0 Å². The molecule has 0 unspecified atom stereocenters. The van der Waals surface area contributed by atoms with Crippen molar-refractivity contribution in [2.75, 3.05) is 5.32 Å². The summed E-state index contributed by atoms with van der Waals surface area (Å²) in [5.41, 5.74) is 4.82. The molecule has 1 aromatic heterocycles. The zero-order valence-electron chi connectivity index (χ0n) is 14.1. The summed E-state index contributed by atoms with van der Waals surface area (Å²) in [4.78, 5) is 9.44. The van der Waals surface area contributed by atoms with Crippen molar-refractivity contribution in [2.45, 2.75) is 6.54 Å². The molecular formula is C21H19N4O+. The summed E-state index contributed by atoms with van der Waals surface area (Å²) in [7, 11) is 0. The molecule has 0 radical (unpaired) electrons. The Morgan fingerprint density at radius 3 is 2.31 bits per heavy atom. The molecule has 0 atom stereocenters. The maximum Gasteiger partial charge on any atom is 0.162 e. The van der Waals surface area contributed by atoms with E-state index in [4.69, 9.17) is 15.2 Å². The maximum absolute atomic E-state index is 9.10. The van der Waals surface area contributed by atoms with Gasteiger partial charge in [-0.05, 0) is 29.8 Å². The van der Waals surface area contributed by atoms with Crippen LogP contribution in [0.25, 0.3) is 22.3 Å². The van der Waals surface area contributed by atoms with Gasteiger partial charge in [0.25, 0.3) is 0 Å². The summed E-state index contributed by atoms with van der Waals surface area (Å²) >= 11 is 0. The number of quaternary nitrogens is 1. The van der Waals surface area contributed by atoms with Crippen LogP contribution in [0.15, 0.2) is 78.9 Å². The van der Waals surface area contributed by atoms with Gasteiger partial charge < -0.3 is 5.32 Å². The van der Waals surface area contributed by atoms with E-state index in [1.54, 1.807) is 0 Å². The third kappa shape index (κ3) is 3.39. The zero-order chi connectivity index (χ0) is 17.8. The number of nitrogens with one attached hydrogen (secondary N) is 1. The molecule has 0 aliphatic rings. The topological polar surface area (TPSA) is 74.7 Å². The molecule has 1 heterocycles. The molecule has 5 nitrogen and oxygen atoms in total. The molecule has 0 bridgehead atoms. The van der Waals surface area contributed by atoms with Crippen LogP contribution in [0.4, 0.5) is 11.5 Å². The summed E-state index contributed by atoms with van der Waals surface area (Å²) < 4.78 is 0. The van der Waals surface area contributed by atoms with E-state index in [0.717, 1.165) is 33.5 Å². The molecular weight excluding hydrogens is 324 g/mol. The summed E-state index contributed by atoms with van der Waals surface area (Å²) in [5, 5.41) is 13.5. The van der Waals surface area contributed by atoms with Gasteiger partial charge in [-0.2, -0.15) is 5.48 Å². The zero-order valence-corrected chi connectivity index (χ0v) is 14.1. The number of aromatic nitrogens is 2. The lowest BCUT2D eigenvalue weighted by molar-refractivity contribution is -0.825. The minimum Gasteiger partial charge on any atom is -0.365 e. The second-order valence-electron chi connectivity index (χ2n) is 6.00. The largest absolute Gasteiger partial charge is 0.365 e. The van der Waals surface area contributed by atoms with E-state index < -0.39 is 0 Å². The summed E-state index contributed by atoms with van der Waals surface area (Å²) in [6, 6.07) is 25.7. The highest BCUT2D eigenvalue weighted by Crippen LogP contribution is 2.25. The van der Waals surface area contributed by atoms with Gasteiger partial charge in [-0.25, -0.2) is 15.2 Å². The van der Waals surface area contributed by atoms with Gasteiger partial charge in [0, 0.05) is 29.6 Å². The lowest BCUT2D eigenvalue weighted by Gasteiger charge is -2.11. The second kappa shape index (κ2) is 7.31. The Balaban J connectivity index is 1.72. The van der Waals surface area contributed by atoms with Crippen LogP contribution in [-0.2, 0) is 6.54 Å². The molecule has 26 heavy (non-hydrogen) atoms. The fraction of sp³-hybridized carbons (Fsp3) is 0.0476. The molecule has 0 saturated heterocycles. The summed E-state index contributed by atoms with van der Waals surface area (Å²) in [6.07, 6.45) is 0. The van der Waals surface area contributed by atoms with Crippen LogP contribution in [0.1, 0.15) is 5.56 Å². The van der Waals surface area contributed by atoms with Crippen molar-refractivity contribution < 1.29 is 10.7 Å². The van der Waals surface area contributed by atoms with E-state index in [9.17, 15) is 0 Å². The Labute approximate surface area is 151 Å². The number of nitrogens with two attached hydrogens (primary N) is 1. The van der Waals surface area contributed by atoms with Gasteiger partial charge >= 0.3 is 0 Å². The molecule has 0 saturated carbocycles. The molecule has 4 aromatic rings. The first-order valence-corrected chi connectivity index (χ1v) is 8.46. The molecule has 4 rings (SSSR count). The standard InChI is InChI=1S/C21H18N4O/c26-25-17-12-10-16(11-13-17)20-23-19-9-5-4-8-18(19)21(24-20)22-14-15-6-2-1-3-7-15/h1-13,25-26H,14H2,(H,22,23,24)/p+1. The first-order chi connectivity index (χ1) is 12.8. The average Bonchev–Trinajstić information content (AvgIpc) is 2.72. The molecule has 3 aromatic carbocycles. The van der Waals surface area contributed by atoms with E-state index >= 15 is 0 Å². The van der Waals surface area contributed by atoms with E-state index in [-0.39, 0.29) is 0 Å². The maximum atomic E-state index is 9.10. The van der Waals surface area contributed by atoms with Crippen molar-refractivity contribution in [3.63, 3.8) is 0 Å². The van der Waals surface area contributed by atoms with Gasteiger partial charge in [0.05, 0.1) is 5.52 Å². The lowest BCUT2D eigenvalue weighted by Crippen LogP contribution is -2.73. The molecule has 4 N–H and O–H groups in total. The number of rotatable bonds is 5. The Hall–Kier alpha value is -3.28.